The molecule has 1 aromatic carbocycles. The van der Waals surface area contributed by atoms with E-state index in [1.165, 1.54) is 0 Å². The van der Waals surface area contributed by atoms with Gasteiger partial charge in [-0.05, 0) is 49.1 Å². The number of ether oxygens (including phenoxy) is 1. The normalized spacial score (nSPS) is 11.0. The van der Waals surface area contributed by atoms with E-state index in [-0.39, 0.29) is 11.4 Å². The molecule has 0 bridgehead atoms. The number of carbonyl (C=O) groups is 1. The van der Waals surface area contributed by atoms with Gasteiger partial charge in [0, 0.05) is 12.2 Å². The van der Waals surface area contributed by atoms with E-state index in [0.717, 1.165) is 24.3 Å². The van der Waals surface area contributed by atoms with Gasteiger partial charge in [-0.1, -0.05) is 13.8 Å². The van der Waals surface area contributed by atoms with Crippen molar-refractivity contribution in [3.63, 3.8) is 0 Å². The van der Waals surface area contributed by atoms with Crippen LogP contribution in [-0.4, -0.2) is 26.2 Å². The fourth-order valence-corrected chi connectivity index (χ4v) is 1.98. The lowest BCUT2D eigenvalue weighted by atomic mass is 9.82. The van der Waals surface area contributed by atoms with Gasteiger partial charge in [-0.15, -0.1) is 0 Å². The number of nitrogens with two attached hydrogens (primary N) is 1. The minimum absolute atomic E-state index is 0.0166. The first-order valence-corrected chi connectivity index (χ1v) is 6.98. The van der Waals surface area contributed by atoms with Gasteiger partial charge in [0.15, 0.2) is 0 Å². The van der Waals surface area contributed by atoms with E-state index in [2.05, 4.69) is 24.5 Å². The summed E-state index contributed by atoms with van der Waals surface area (Å²) in [4.78, 5) is 11.9. The minimum atomic E-state index is -0.213. The van der Waals surface area contributed by atoms with Crippen LogP contribution in [0.3, 0.4) is 0 Å². The fourth-order valence-electron chi connectivity index (χ4n) is 1.98. The molecule has 112 valence electrons. The Hall–Kier alpha value is -1.75. The molecule has 0 aliphatic carbocycles. The van der Waals surface area contributed by atoms with Crippen molar-refractivity contribution in [3.05, 3.63) is 24.3 Å². The smallest absolute Gasteiger partial charge is 0.319 e. The lowest BCUT2D eigenvalue weighted by Gasteiger charge is -2.30. The summed E-state index contributed by atoms with van der Waals surface area (Å²) in [6.45, 7) is 5.35. The fraction of sp³-hybridized carbons (Fsp3) is 0.533. The molecule has 0 fully saturated rings. The molecule has 0 atom stereocenters. The Kier molecular flexibility index (Phi) is 6.31. The van der Waals surface area contributed by atoms with Crippen LogP contribution in [0.4, 0.5) is 10.5 Å². The zero-order valence-electron chi connectivity index (χ0n) is 12.5. The summed E-state index contributed by atoms with van der Waals surface area (Å²) < 4.78 is 5.07. The first kappa shape index (κ1) is 16.3. The molecule has 0 unspecified atom stereocenters. The van der Waals surface area contributed by atoms with Gasteiger partial charge >= 0.3 is 6.03 Å². The van der Waals surface area contributed by atoms with Crippen molar-refractivity contribution >= 4 is 11.7 Å². The summed E-state index contributed by atoms with van der Waals surface area (Å²) in [5, 5.41) is 5.68. The number of methoxy groups -OCH3 is 1. The van der Waals surface area contributed by atoms with Gasteiger partial charge in [-0.2, -0.15) is 0 Å². The first-order chi connectivity index (χ1) is 9.59. The number of nitrogens with one attached hydrogen (secondary N) is 2. The van der Waals surface area contributed by atoms with Gasteiger partial charge in [-0.25, -0.2) is 4.79 Å². The lowest BCUT2D eigenvalue weighted by Crippen LogP contribution is -2.43. The molecule has 5 nitrogen and oxygen atoms in total. The largest absolute Gasteiger partial charge is 0.497 e. The summed E-state index contributed by atoms with van der Waals surface area (Å²) >= 11 is 0. The van der Waals surface area contributed by atoms with Gasteiger partial charge in [0.1, 0.15) is 5.75 Å². The highest BCUT2D eigenvalue weighted by atomic mass is 16.5. The quantitative estimate of drug-likeness (QED) is 0.718. The molecule has 0 spiro atoms. The molecule has 0 aromatic heterocycles. The third kappa shape index (κ3) is 4.42. The number of hydrogen-bond acceptors (Lipinski definition) is 3. The summed E-state index contributed by atoms with van der Waals surface area (Å²) in [6, 6.07) is 6.99. The highest BCUT2D eigenvalue weighted by Crippen LogP contribution is 2.23. The van der Waals surface area contributed by atoms with E-state index in [4.69, 9.17) is 10.5 Å². The second-order valence-corrected chi connectivity index (χ2v) is 4.95. The summed E-state index contributed by atoms with van der Waals surface area (Å²) in [5.41, 5.74) is 6.53. The molecule has 2 amide bonds. The molecule has 0 saturated heterocycles. The monoisotopic (exact) mass is 279 g/mol. The van der Waals surface area contributed by atoms with E-state index in [0.29, 0.717) is 13.1 Å². The van der Waals surface area contributed by atoms with E-state index < -0.39 is 0 Å². The first-order valence-electron chi connectivity index (χ1n) is 6.98. The van der Waals surface area contributed by atoms with Gasteiger partial charge in [0.05, 0.1) is 7.11 Å². The van der Waals surface area contributed by atoms with E-state index in [1.54, 1.807) is 31.4 Å². The predicted octanol–water partition coefficient (Wildman–Crippen LogP) is 2.58. The molecule has 0 radical (unpaired) electrons. The van der Waals surface area contributed by atoms with E-state index >= 15 is 0 Å². The third-order valence-electron chi connectivity index (χ3n) is 3.90. The number of urea groups is 1. The summed E-state index contributed by atoms with van der Waals surface area (Å²) in [6.07, 6.45) is 1.89. The standard InChI is InChI=1S/C15H25N3O2/c1-4-15(5-2,10-16)11-17-14(19)18-12-6-8-13(20-3)9-7-12/h6-9H,4-5,10-11,16H2,1-3H3,(H2,17,18,19). The zero-order valence-corrected chi connectivity index (χ0v) is 12.5. The molecule has 20 heavy (non-hydrogen) atoms. The van der Waals surface area contributed by atoms with E-state index in [1.807, 2.05) is 0 Å². The van der Waals surface area contributed by atoms with Crippen LogP contribution in [0.25, 0.3) is 0 Å². The predicted molar refractivity (Wildman–Crippen MR) is 82.1 cm³/mol. The van der Waals surface area contributed by atoms with Crippen LogP contribution < -0.4 is 21.1 Å². The Balaban J connectivity index is 2.50. The van der Waals surface area contributed by atoms with Gasteiger partial charge in [0.2, 0.25) is 0 Å². The highest BCUT2D eigenvalue weighted by molar-refractivity contribution is 5.89. The lowest BCUT2D eigenvalue weighted by molar-refractivity contribution is 0.232. The maximum Gasteiger partial charge on any atom is 0.319 e. The van der Waals surface area contributed by atoms with Crippen molar-refractivity contribution in [1.82, 2.24) is 5.32 Å². The topological polar surface area (TPSA) is 76.4 Å². The number of hydrogen-bond donors (Lipinski definition) is 3. The molecule has 0 heterocycles. The molecular weight excluding hydrogens is 254 g/mol. The average molecular weight is 279 g/mol. The van der Waals surface area contributed by atoms with Crippen molar-refractivity contribution in [2.45, 2.75) is 26.7 Å². The third-order valence-corrected chi connectivity index (χ3v) is 3.90. The molecule has 0 aliphatic heterocycles. The Morgan fingerprint density at radius 3 is 2.30 bits per heavy atom. The number of anilines is 1. The van der Waals surface area contributed by atoms with Crippen LogP contribution in [0.5, 0.6) is 5.75 Å². The molecule has 4 N–H and O–H groups in total. The summed E-state index contributed by atoms with van der Waals surface area (Å²) in [7, 11) is 1.61. The van der Waals surface area contributed by atoms with Crippen molar-refractivity contribution < 1.29 is 9.53 Å². The van der Waals surface area contributed by atoms with Gasteiger partial charge < -0.3 is 21.1 Å². The van der Waals surface area contributed by atoms with Crippen LogP contribution in [-0.2, 0) is 0 Å². The molecule has 1 aromatic rings. The number of benzene rings is 1. The second kappa shape index (κ2) is 7.75. The highest BCUT2D eigenvalue weighted by Gasteiger charge is 2.24. The molecule has 1 rings (SSSR count). The number of rotatable bonds is 7. The van der Waals surface area contributed by atoms with Crippen molar-refractivity contribution in [1.29, 1.82) is 0 Å². The van der Waals surface area contributed by atoms with Crippen LogP contribution >= 0.6 is 0 Å². The van der Waals surface area contributed by atoms with Crippen molar-refractivity contribution in [2.24, 2.45) is 11.1 Å². The SMILES string of the molecule is CCC(CC)(CN)CNC(=O)Nc1ccc(OC)cc1. The van der Waals surface area contributed by atoms with Crippen LogP contribution in [0.15, 0.2) is 24.3 Å². The summed E-state index contributed by atoms with van der Waals surface area (Å²) in [5.74, 6) is 0.759. The Morgan fingerprint density at radius 2 is 1.85 bits per heavy atom. The maximum atomic E-state index is 11.9. The number of amides is 2. The van der Waals surface area contributed by atoms with Crippen molar-refractivity contribution in [3.8, 4) is 5.75 Å². The average Bonchev–Trinajstić information content (AvgIpc) is 2.50. The van der Waals surface area contributed by atoms with Crippen LogP contribution in [0, 0.1) is 5.41 Å². The Bertz CT molecular complexity index is 405. The van der Waals surface area contributed by atoms with Gasteiger partial charge in [0.25, 0.3) is 0 Å². The van der Waals surface area contributed by atoms with Gasteiger partial charge in [-0.3, -0.25) is 0 Å². The second-order valence-electron chi connectivity index (χ2n) is 4.95. The number of carbonyl (C=O) groups excluding carboxylic acids is 1. The van der Waals surface area contributed by atoms with E-state index in [9.17, 15) is 4.79 Å². The Morgan fingerprint density at radius 1 is 1.25 bits per heavy atom. The van der Waals surface area contributed by atoms with Crippen LogP contribution in [0.1, 0.15) is 26.7 Å². The molecule has 0 aliphatic rings. The van der Waals surface area contributed by atoms with Crippen LogP contribution in [0.2, 0.25) is 0 Å². The minimum Gasteiger partial charge on any atom is -0.497 e. The van der Waals surface area contributed by atoms with Crippen molar-refractivity contribution in [2.75, 3.05) is 25.5 Å². The maximum absolute atomic E-state index is 11.9. The molecule has 5 heteroatoms. The molecular formula is C15H25N3O2. The zero-order chi connectivity index (χ0) is 15.0. The Labute approximate surface area is 120 Å². The molecule has 0 saturated carbocycles.